The van der Waals surface area contributed by atoms with Gasteiger partial charge in [0.1, 0.15) is 0 Å². The number of hydrogen-bond donors (Lipinski definition) is 3. The highest BCUT2D eigenvalue weighted by molar-refractivity contribution is 14.0. The first-order chi connectivity index (χ1) is 10.1. The summed E-state index contributed by atoms with van der Waals surface area (Å²) in [5, 5.41) is 6.26. The largest absolute Gasteiger partial charge is 0.356 e. The lowest BCUT2D eigenvalue weighted by molar-refractivity contribution is 0.579. The molecule has 1 aromatic rings. The van der Waals surface area contributed by atoms with Gasteiger partial charge in [-0.1, -0.05) is 6.07 Å². The maximum absolute atomic E-state index is 11.2. The van der Waals surface area contributed by atoms with Gasteiger partial charge in [0, 0.05) is 26.3 Å². The predicted molar refractivity (Wildman–Crippen MR) is 99.9 cm³/mol. The highest BCUT2D eigenvalue weighted by Crippen LogP contribution is 1.91. The summed E-state index contributed by atoms with van der Waals surface area (Å²) in [4.78, 5) is 8.30. The fourth-order valence-electron chi connectivity index (χ4n) is 1.52. The Morgan fingerprint density at radius 1 is 1.27 bits per heavy atom. The van der Waals surface area contributed by atoms with Crippen LogP contribution in [-0.4, -0.2) is 45.3 Å². The van der Waals surface area contributed by atoms with E-state index in [-0.39, 0.29) is 29.7 Å². The minimum atomic E-state index is -3.10. The van der Waals surface area contributed by atoms with E-state index in [1.165, 1.54) is 0 Å². The highest BCUT2D eigenvalue weighted by atomic mass is 127. The summed E-state index contributed by atoms with van der Waals surface area (Å²) in [7, 11) is -1.42. The number of nitrogens with zero attached hydrogens (tertiary/aromatic N) is 2. The number of hydrogen-bond acceptors (Lipinski definition) is 4. The number of nitrogens with one attached hydrogen (secondary N) is 3. The Balaban J connectivity index is 0.00000441. The third kappa shape index (κ3) is 9.15. The van der Waals surface area contributed by atoms with Gasteiger partial charge < -0.3 is 10.6 Å². The number of sulfonamides is 1. The van der Waals surface area contributed by atoms with Crippen LogP contribution in [0.3, 0.4) is 0 Å². The fourth-order valence-corrected chi connectivity index (χ4v) is 2.18. The summed E-state index contributed by atoms with van der Waals surface area (Å²) >= 11 is 0. The quantitative estimate of drug-likeness (QED) is 0.239. The molecule has 0 bridgehead atoms. The molecule has 7 nitrogen and oxygen atoms in total. The van der Waals surface area contributed by atoms with Crippen LogP contribution in [0, 0.1) is 0 Å². The summed E-state index contributed by atoms with van der Waals surface area (Å²) in [6.45, 7) is 3.25. The van der Waals surface area contributed by atoms with Gasteiger partial charge >= 0.3 is 0 Å². The van der Waals surface area contributed by atoms with E-state index in [9.17, 15) is 8.42 Å². The van der Waals surface area contributed by atoms with Crippen molar-refractivity contribution in [1.29, 1.82) is 0 Å². The van der Waals surface area contributed by atoms with Crippen LogP contribution in [0.1, 0.15) is 19.0 Å². The van der Waals surface area contributed by atoms with Crippen molar-refractivity contribution >= 4 is 40.0 Å². The smallest absolute Gasteiger partial charge is 0.211 e. The zero-order valence-corrected chi connectivity index (χ0v) is 16.0. The van der Waals surface area contributed by atoms with Crippen molar-refractivity contribution < 1.29 is 8.42 Å². The van der Waals surface area contributed by atoms with Gasteiger partial charge in [0.05, 0.1) is 18.0 Å². The molecule has 1 aromatic heterocycles. The molecule has 0 radical (unpaired) electrons. The van der Waals surface area contributed by atoms with Gasteiger partial charge in [-0.25, -0.2) is 13.1 Å². The zero-order chi connectivity index (χ0) is 15.6. The van der Waals surface area contributed by atoms with Gasteiger partial charge in [-0.05, 0) is 25.5 Å². The van der Waals surface area contributed by atoms with Gasteiger partial charge in [0.25, 0.3) is 0 Å². The normalized spacial score (nSPS) is 11.6. The molecule has 0 unspecified atom stereocenters. The summed E-state index contributed by atoms with van der Waals surface area (Å²) in [6, 6.07) is 5.73. The Morgan fingerprint density at radius 3 is 2.64 bits per heavy atom. The number of aliphatic imine (C=N–C) groups is 1. The van der Waals surface area contributed by atoms with Crippen LogP contribution in [0.25, 0.3) is 0 Å². The topological polar surface area (TPSA) is 95.5 Å². The van der Waals surface area contributed by atoms with Gasteiger partial charge in [0.2, 0.25) is 10.0 Å². The molecule has 0 spiro atoms. The standard InChI is InChI=1S/C13H23N5O2S.HI/c1-3-21(19,20)18-10-6-9-16-13(14-2)17-11-12-7-4-5-8-15-12;/h4-5,7-8,18H,3,6,9-11H2,1-2H3,(H2,14,16,17);1H. The molecule has 0 amide bonds. The van der Waals surface area contributed by atoms with Crippen LogP contribution >= 0.6 is 24.0 Å². The number of halogens is 1. The number of rotatable bonds is 8. The Hall–Kier alpha value is -0.940. The summed E-state index contributed by atoms with van der Waals surface area (Å²) in [5.74, 6) is 0.771. The summed E-state index contributed by atoms with van der Waals surface area (Å²) < 4.78 is 25.0. The van der Waals surface area contributed by atoms with Crippen molar-refractivity contribution in [1.82, 2.24) is 20.3 Å². The molecular weight excluding hydrogens is 417 g/mol. The summed E-state index contributed by atoms with van der Waals surface area (Å²) in [5.41, 5.74) is 0.927. The van der Waals surface area contributed by atoms with E-state index >= 15 is 0 Å². The third-order valence-electron chi connectivity index (χ3n) is 2.73. The average Bonchev–Trinajstić information content (AvgIpc) is 2.51. The number of pyridine rings is 1. The van der Waals surface area contributed by atoms with E-state index in [2.05, 4.69) is 25.3 Å². The molecule has 0 atom stereocenters. The molecule has 0 fully saturated rings. The van der Waals surface area contributed by atoms with Crippen molar-refractivity contribution in [2.45, 2.75) is 19.9 Å². The second-order valence-corrected chi connectivity index (χ2v) is 6.42. The van der Waals surface area contributed by atoms with Gasteiger partial charge in [-0.3, -0.25) is 9.98 Å². The molecule has 1 rings (SSSR count). The van der Waals surface area contributed by atoms with Gasteiger partial charge in [-0.15, -0.1) is 24.0 Å². The molecule has 0 saturated carbocycles. The second-order valence-electron chi connectivity index (χ2n) is 4.32. The van der Waals surface area contributed by atoms with Crippen molar-refractivity contribution in [2.75, 3.05) is 25.9 Å². The first kappa shape index (κ1) is 21.1. The van der Waals surface area contributed by atoms with E-state index in [1.807, 2.05) is 18.2 Å². The molecule has 0 aliphatic carbocycles. The monoisotopic (exact) mass is 441 g/mol. The van der Waals surface area contributed by atoms with Gasteiger partial charge in [-0.2, -0.15) is 0 Å². The molecule has 126 valence electrons. The van der Waals surface area contributed by atoms with E-state index in [4.69, 9.17) is 0 Å². The van der Waals surface area contributed by atoms with Crippen LogP contribution in [-0.2, 0) is 16.6 Å². The van der Waals surface area contributed by atoms with Crippen molar-refractivity contribution in [3.8, 4) is 0 Å². The Morgan fingerprint density at radius 2 is 2.05 bits per heavy atom. The van der Waals surface area contributed by atoms with E-state index in [1.54, 1.807) is 20.2 Å². The molecule has 0 aliphatic heterocycles. The van der Waals surface area contributed by atoms with E-state index < -0.39 is 10.0 Å². The molecule has 3 N–H and O–H groups in total. The zero-order valence-electron chi connectivity index (χ0n) is 12.9. The SMILES string of the molecule is CCS(=O)(=O)NCCCNC(=NC)NCc1ccccn1.I. The molecule has 22 heavy (non-hydrogen) atoms. The lowest BCUT2D eigenvalue weighted by Gasteiger charge is -2.11. The van der Waals surface area contributed by atoms with Crippen LogP contribution in [0.2, 0.25) is 0 Å². The molecule has 1 heterocycles. The Kier molecular flexibility index (Phi) is 11.1. The highest BCUT2D eigenvalue weighted by Gasteiger charge is 2.04. The number of aromatic nitrogens is 1. The molecule has 9 heteroatoms. The predicted octanol–water partition coefficient (Wildman–Crippen LogP) is 0.694. The first-order valence-corrected chi connectivity index (χ1v) is 8.54. The van der Waals surface area contributed by atoms with Gasteiger partial charge in [0.15, 0.2) is 5.96 Å². The van der Waals surface area contributed by atoms with Crippen molar-refractivity contribution in [3.05, 3.63) is 30.1 Å². The van der Waals surface area contributed by atoms with Crippen molar-refractivity contribution in [3.63, 3.8) is 0 Å². The van der Waals surface area contributed by atoms with Crippen molar-refractivity contribution in [2.24, 2.45) is 4.99 Å². The van der Waals surface area contributed by atoms with Crippen LogP contribution in [0.15, 0.2) is 29.4 Å². The maximum atomic E-state index is 11.2. The molecule has 0 saturated heterocycles. The minimum absolute atomic E-state index is 0. The number of guanidine groups is 1. The molecule has 0 aromatic carbocycles. The lowest BCUT2D eigenvalue weighted by atomic mass is 10.3. The molecular formula is C13H24IN5O2S. The Labute approximate surface area is 149 Å². The van der Waals surface area contributed by atoms with E-state index in [0.29, 0.717) is 32.0 Å². The molecule has 0 aliphatic rings. The summed E-state index contributed by atoms with van der Waals surface area (Å²) in [6.07, 6.45) is 2.43. The minimum Gasteiger partial charge on any atom is -0.356 e. The average molecular weight is 441 g/mol. The van der Waals surface area contributed by atoms with Crippen LogP contribution in [0.4, 0.5) is 0 Å². The lowest BCUT2D eigenvalue weighted by Crippen LogP contribution is -2.38. The first-order valence-electron chi connectivity index (χ1n) is 6.89. The van der Waals surface area contributed by atoms with Crippen LogP contribution < -0.4 is 15.4 Å². The third-order valence-corrected chi connectivity index (χ3v) is 4.14. The second kappa shape index (κ2) is 11.6. The van der Waals surface area contributed by atoms with Crippen LogP contribution in [0.5, 0.6) is 0 Å². The van der Waals surface area contributed by atoms with E-state index in [0.717, 1.165) is 5.69 Å². The fraction of sp³-hybridized carbons (Fsp3) is 0.538. The maximum Gasteiger partial charge on any atom is 0.211 e. The Bertz CT molecular complexity index is 537.